The third-order valence-electron chi connectivity index (χ3n) is 3.75. The van der Waals surface area contributed by atoms with Crippen LogP contribution in [0, 0.1) is 17.3 Å². The molecule has 0 aromatic carbocycles. The smallest absolute Gasteiger partial charge is 0.00204 e. The van der Waals surface area contributed by atoms with Gasteiger partial charge in [0.2, 0.25) is 0 Å². The average Bonchev–Trinajstić information content (AvgIpc) is 2.46. The molecule has 2 fully saturated rings. The quantitative estimate of drug-likeness (QED) is 0.588. The first kappa shape index (κ1) is 6.66. The highest BCUT2D eigenvalue weighted by Crippen LogP contribution is 2.54. The summed E-state index contributed by atoms with van der Waals surface area (Å²) in [7, 11) is 0. The third-order valence-corrected chi connectivity index (χ3v) is 3.75. The van der Waals surface area contributed by atoms with Crippen LogP contribution in [0.5, 0.6) is 0 Å². The molecule has 1 nitrogen and oxygen atoms in total. The van der Waals surface area contributed by atoms with Crippen LogP contribution in [-0.4, -0.2) is 6.54 Å². The van der Waals surface area contributed by atoms with Crippen LogP contribution < -0.4 is 5.73 Å². The summed E-state index contributed by atoms with van der Waals surface area (Å²) < 4.78 is 0. The first-order valence-electron chi connectivity index (χ1n) is 4.45. The Morgan fingerprint density at radius 3 is 2.60 bits per heavy atom. The molecule has 10 heavy (non-hydrogen) atoms. The predicted molar refractivity (Wildman–Crippen MR) is 42.6 cm³/mol. The van der Waals surface area contributed by atoms with Gasteiger partial charge in [0.05, 0.1) is 0 Å². The molecule has 0 spiro atoms. The molecule has 1 heteroatoms. The van der Waals surface area contributed by atoms with Gasteiger partial charge in [-0.3, -0.25) is 0 Å². The van der Waals surface area contributed by atoms with Crippen molar-refractivity contribution in [2.45, 2.75) is 32.6 Å². The van der Waals surface area contributed by atoms with Gasteiger partial charge in [0.25, 0.3) is 0 Å². The molecule has 0 heterocycles. The SMILES string of the molecule is CC1(CN)CC2CCC1C2. The first-order valence-corrected chi connectivity index (χ1v) is 4.45. The maximum Gasteiger partial charge on any atom is -0.00204 e. The van der Waals surface area contributed by atoms with Crippen molar-refractivity contribution >= 4 is 0 Å². The van der Waals surface area contributed by atoms with Crippen molar-refractivity contribution in [3.05, 3.63) is 0 Å². The van der Waals surface area contributed by atoms with Gasteiger partial charge in [-0.2, -0.15) is 0 Å². The van der Waals surface area contributed by atoms with E-state index in [0.717, 1.165) is 18.4 Å². The summed E-state index contributed by atoms with van der Waals surface area (Å²) in [5, 5.41) is 0. The van der Waals surface area contributed by atoms with Crippen molar-refractivity contribution < 1.29 is 0 Å². The second kappa shape index (κ2) is 1.97. The molecule has 2 bridgehead atoms. The molecule has 3 atom stereocenters. The lowest BCUT2D eigenvalue weighted by atomic mass is 9.75. The third kappa shape index (κ3) is 0.731. The van der Waals surface area contributed by atoms with Crippen LogP contribution in [0.1, 0.15) is 32.6 Å². The molecule has 2 aliphatic carbocycles. The van der Waals surface area contributed by atoms with E-state index in [2.05, 4.69) is 6.92 Å². The molecule has 58 valence electrons. The van der Waals surface area contributed by atoms with Crippen LogP contribution in [0.25, 0.3) is 0 Å². The molecule has 3 unspecified atom stereocenters. The van der Waals surface area contributed by atoms with Gasteiger partial charge in [0.1, 0.15) is 0 Å². The van der Waals surface area contributed by atoms with Gasteiger partial charge >= 0.3 is 0 Å². The van der Waals surface area contributed by atoms with Crippen molar-refractivity contribution in [3.8, 4) is 0 Å². The second-order valence-corrected chi connectivity index (χ2v) is 4.44. The molecule has 0 radical (unpaired) electrons. The fraction of sp³-hybridized carbons (Fsp3) is 1.00. The normalized spacial score (nSPS) is 52.2. The lowest BCUT2D eigenvalue weighted by Gasteiger charge is -2.32. The molecule has 0 aliphatic heterocycles. The van der Waals surface area contributed by atoms with Gasteiger partial charge in [0.15, 0.2) is 0 Å². The van der Waals surface area contributed by atoms with Crippen LogP contribution in [0.2, 0.25) is 0 Å². The van der Waals surface area contributed by atoms with Crippen molar-refractivity contribution in [1.82, 2.24) is 0 Å². The predicted octanol–water partition coefficient (Wildman–Crippen LogP) is 1.77. The van der Waals surface area contributed by atoms with Crippen LogP contribution in [0.3, 0.4) is 0 Å². The Balaban J connectivity index is 2.14. The summed E-state index contributed by atoms with van der Waals surface area (Å²) in [4.78, 5) is 0. The van der Waals surface area contributed by atoms with Gasteiger partial charge in [-0.1, -0.05) is 13.3 Å². The highest BCUT2D eigenvalue weighted by molar-refractivity contribution is 4.98. The zero-order valence-corrected chi connectivity index (χ0v) is 6.77. The van der Waals surface area contributed by atoms with Gasteiger partial charge < -0.3 is 5.73 Å². The van der Waals surface area contributed by atoms with Gasteiger partial charge in [-0.15, -0.1) is 0 Å². The van der Waals surface area contributed by atoms with Crippen LogP contribution in [0.4, 0.5) is 0 Å². The zero-order valence-electron chi connectivity index (χ0n) is 6.77. The molecule has 2 N–H and O–H groups in total. The zero-order chi connectivity index (χ0) is 7.19. The van der Waals surface area contributed by atoms with E-state index in [4.69, 9.17) is 5.73 Å². The topological polar surface area (TPSA) is 26.0 Å². The van der Waals surface area contributed by atoms with E-state index < -0.39 is 0 Å². The highest BCUT2D eigenvalue weighted by atomic mass is 14.6. The summed E-state index contributed by atoms with van der Waals surface area (Å²) in [6, 6.07) is 0. The molecular weight excluding hydrogens is 122 g/mol. The number of rotatable bonds is 1. The fourth-order valence-corrected chi connectivity index (χ4v) is 2.97. The summed E-state index contributed by atoms with van der Waals surface area (Å²) in [6.45, 7) is 3.28. The molecule has 0 amide bonds. The highest BCUT2D eigenvalue weighted by Gasteiger charge is 2.46. The van der Waals surface area contributed by atoms with E-state index in [1.807, 2.05) is 0 Å². The fourth-order valence-electron chi connectivity index (χ4n) is 2.97. The summed E-state index contributed by atoms with van der Waals surface area (Å²) in [5.41, 5.74) is 6.29. The number of fused-ring (bicyclic) bond motifs is 2. The van der Waals surface area contributed by atoms with Crippen molar-refractivity contribution in [2.24, 2.45) is 23.0 Å². The average molecular weight is 139 g/mol. The lowest BCUT2D eigenvalue weighted by molar-refractivity contribution is 0.200. The Labute approximate surface area is 63.0 Å². The molecule has 0 aromatic rings. The molecular formula is C9H17N. The molecule has 2 rings (SSSR count). The van der Waals surface area contributed by atoms with E-state index in [-0.39, 0.29) is 0 Å². The maximum absolute atomic E-state index is 5.75. The van der Waals surface area contributed by atoms with E-state index in [1.165, 1.54) is 25.7 Å². The summed E-state index contributed by atoms with van der Waals surface area (Å²) >= 11 is 0. The van der Waals surface area contributed by atoms with Crippen LogP contribution >= 0.6 is 0 Å². The van der Waals surface area contributed by atoms with Crippen molar-refractivity contribution in [1.29, 1.82) is 0 Å². The van der Waals surface area contributed by atoms with Crippen molar-refractivity contribution in [2.75, 3.05) is 6.54 Å². The Morgan fingerprint density at radius 2 is 2.30 bits per heavy atom. The van der Waals surface area contributed by atoms with Crippen molar-refractivity contribution in [3.63, 3.8) is 0 Å². The Kier molecular flexibility index (Phi) is 1.31. The Hall–Kier alpha value is -0.0400. The van der Waals surface area contributed by atoms with E-state index in [1.54, 1.807) is 0 Å². The van der Waals surface area contributed by atoms with E-state index >= 15 is 0 Å². The van der Waals surface area contributed by atoms with E-state index in [9.17, 15) is 0 Å². The second-order valence-electron chi connectivity index (χ2n) is 4.44. The minimum Gasteiger partial charge on any atom is -0.330 e. The number of hydrogen-bond acceptors (Lipinski definition) is 1. The number of nitrogens with two attached hydrogens (primary N) is 1. The molecule has 2 saturated carbocycles. The Bertz CT molecular complexity index is 144. The largest absolute Gasteiger partial charge is 0.330 e. The summed E-state index contributed by atoms with van der Waals surface area (Å²) in [6.07, 6.45) is 5.83. The summed E-state index contributed by atoms with van der Waals surface area (Å²) in [5.74, 6) is 2.01. The number of hydrogen-bond donors (Lipinski definition) is 1. The first-order chi connectivity index (χ1) is 4.74. The van der Waals surface area contributed by atoms with Crippen LogP contribution in [-0.2, 0) is 0 Å². The molecule has 0 aromatic heterocycles. The van der Waals surface area contributed by atoms with Gasteiger partial charge in [-0.25, -0.2) is 0 Å². The monoisotopic (exact) mass is 139 g/mol. The Morgan fingerprint density at radius 1 is 1.50 bits per heavy atom. The van der Waals surface area contributed by atoms with Gasteiger partial charge in [0, 0.05) is 0 Å². The van der Waals surface area contributed by atoms with Crippen LogP contribution in [0.15, 0.2) is 0 Å². The van der Waals surface area contributed by atoms with E-state index in [0.29, 0.717) is 5.41 Å². The van der Waals surface area contributed by atoms with Gasteiger partial charge in [-0.05, 0) is 43.1 Å². The molecule has 0 saturated heterocycles. The maximum atomic E-state index is 5.75. The standard InChI is InChI=1S/C9H17N/c1-9(6-10)5-7-2-3-8(9)4-7/h7-8H,2-6,10H2,1H3. The molecule has 2 aliphatic rings. The lowest BCUT2D eigenvalue weighted by Crippen LogP contribution is -2.32. The minimum atomic E-state index is 0.531. The minimum absolute atomic E-state index is 0.531.